The van der Waals surface area contributed by atoms with E-state index in [1.807, 2.05) is 42.6 Å². The number of benzene rings is 2. The van der Waals surface area contributed by atoms with E-state index in [2.05, 4.69) is 22.0 Å². The first-order valence-corrected chi connectivity index (χ1v) is 10.9. The first-order valence-electron chi connectivity index (χ1n) is 8.04. The summed E-state index contributed by atoms with van der Waals surface area (Å²) in [5.41, 5.74) is 2.11. The molecular weight excluding hydrogens is 434 g/mol. The van der Waals surface area contributed by atoms with Gasteiger partial charge in [0.05, 0.1) is 32.9 Å². The molecule has 26 heavy (non-hydrogen) atoms. The van der Waals surface area contributed by atoms with E-state index in [1.165, 1.54) is 5.56 Å². The number of esters is 1. The molecule has 0 unspecified atom stereocenters. The molecule has 134 valence electrons. The van der Waals surface area contributed by atoms with E-state index in [9.17, 15) is 4.79 Å². The average molecular weight is 450 g/mol. The number of halogens is 1. The van der Waals surface area contributed by atoms with Crippen LogP contribution in [0.2, 0.25) is 0 Å². The highest BCUT2D eigenvalue weighted by molar-refractivity contribution is 9.10. The summed E-state index contributed by atoms with van der Waals surface area (Å²) in [4.78, 5) is 12.5. The highest BCUT2D eigenvalue weighted by Gasteiger charge is 2.20. The second-order valence-corrected chi connectivity index (χ2v) is 8.99. The zero-order chi connectivity index (χ0) is 18.5. The third-order valence-electron chi connectivity index (χ3n) is 3.67. The van der Waals surface area contributed by atoms with E-state index >= 15 is 0 Å². The zero-order valence-corrected chi connectivity index (χ0v) is 17.2. The number of ether oxygens (including phenoxy) is 2. The van der Waals surface area contributed by atoms with Gasteiger partial charge in [0.2, 0.25) is 0 Å². The van der Waals surface area contributed by atoms with Crippen molar-refractivity contribution in [3.05, 3.63) is 57.6 Å². The monoisotopic (exact) mass is 449 g/mol. The Kier molecular flexibility index (Phi) is 6.52. The molecule has 1 aliphatic heterocycles. The molecule has 4 nitrogen and oxygen atoms in total. The number of nitriles is 1. The zero-order valence-electron chi connectivity index (χ0n) is 14.0. The van der Waals surface area contributed by atoms with E-state index in [1.54, 1.807) is 24.3 Å². The van der Waals surface area contributed by atoms with Crippen molar-refractivity contribution < 1.29 is 14.3 Å². The summed E-state index contributed by atoms with van der Waals surface area (Å²) in [5, 5.41) is 9.08. The standard InChI is InChI=1S/C19H16BrNO3S2/c1-2-23-16-10-12(11-21)9-15(20)17(16)24-18(22)13-3-5-14(6-4-13)19-25-7-8-26-19/h3-6,9-10,19H,2,7-8H2,1H3. The van der Waals surface area contributed by atoms with Gasteiger partial charge in [0.25, 0.3) is 0 Å². The summed E-state index contributed by atoms with van der Waals surface area (Å²) < 4.78 is 12.0. The molecule has 0 saturated carbocycles. The Morgan fingerprint density at radius 1 is 1.27 bits per heavy atom. The highest BCUT2D eigenvalue weighted by Crippen LogP contribution is 2.45. The van der Waals surface area contributed by atoms with E-state index < -0.39 is 5.97 Å². The van der Waals surface area contributed by atoms with Crippen molar-refractivity contribution in [1.29, 1.82) is 5.26 Å². The molecule has 1 saturated heterocycles. The van der Waals surface area contributed by atoms with Gasteiger partial charge in [-0.3, -0.25) is 0 Å². The SMILES string of the molecule is CCOc1cc(C#N)cc(Br)c1OC(=O)c1ccc(C2SCCS2)cc1. The van der Waals surface area contributed by atoms with Crippen molar-refractivity contribution >= 4 is 45.4 Å². The number of carbonyl (C=O) groups excluding carboxylic acids is 1. The van der Waals surface area contributed by atoms with Crippen molar-refractivity contribution in [3.8, 4) is 17.6 Å². The second-order valence-electron chi connectivity index (χ2n) is 5.42. The molecule has 0 N–H and O–H groups in total. The topological polar surface area (TPSA) is 59.3 Å². The highest BCUT2D eigenvalue weighted by atomic mass is 79.9. The van der Waals surface area contributed by atoms with E-state index in [-0.39, 0.29) is 5.75 Å². The molecule has 1 aliphatic rings. The minimum Gasteiger partial charge on any atom is -0.490 e. The Morgan fingerprint density at radius 2 is 1.96 bits per heavy atom. The van der Waals surface area contributed by atoms with Crippen molar-refractivity contribution in [1.82, 2.24) is 0 Å². The maximum Gasteiger partial charge on any atom is 0.343 e. The van der Waals surface area contributed by atoms with Crippen LogP contribution in [0.3, 0.4) is 0 Å². The minimum atomic E-state index is -0.463. The van der Waals surface area contributed by atoms with Crippen LogP contribution in [-0.4, -0.2) is 24.1 Å². The Balaban J connectivity index is 1.80. The lowest BCUT2D eigenvalue weighted by atomic mass is 10.1. The van der Waals surface area contributed by atoms with Gasteiger partial charge < -0.3 is 9.47 Å². The number of hydrogen-bond donors (Lipinski definition) is 0. The number of thioether (sulfide) groups is 2. The van der Waals surface area contributed by atoms with Gasteiger partial charge in [0.15, 0.2) is 11.5 Å². The molecule has 7 heteroatoms. The Morgan fingerprint density at radius 3 is 2.58 bits per heavy atom. The van der Waals surface area contributed by atoms with Crippen LogP contribution in [-0.2, 0) is 0 Å². The van der Waals surface area contributed by atoms with Gasteiger partial charge in [-0.2, -0.15) is 5.26 Å². The maximum atomic E-state index is 12.5. The molecular formula is C19H16BrNO3S2. The first kappa shape index (κ1) is 19.2. The second kappa shape index (κ2) is 8.85. The third kappa shape index (κ3) is 4.37. The fourth-order valence-electron chi connectivity index (χ4n) is 2.47. The summed E-state index contributed by atoms with van der Waals surface area (Å²) in [6, 6.07) is 12.7. The van der Waals surface area contributed by atoms with Gasteiger partial charge in [0.1, 0.15) is 0 Å². The Bertz CT molecular complexity index is 843. The summed E-state index contributed by atoms with van der Waals surface area (Å²) in [6.07, 6.45) is 0. The Hall–Kier alpha value is -1.62. The van der Waals surface area contributed by atoms with Crippen LogP contribution < -0.4 is 9.47 Å². The number of carbonyl (C=O) groups is 1. The summed E-state index contributed by atoms with van der Waals surface area (Å²) in [5.74, 6) is 2.50. The van der Waals surface area contributed by atoms with Gasteiger partial charge in [0, 0.05) is 17.6 Å². The summed E-state index contributed by atoms with van der Waals surface area (Å²) >= 11 is 7.20. The molecule has 3 rings (SSSR count). The van der Waals surface area contributed by atoms with Crippen LogP contribution in [0.25, 0.3) is 0 Å². The molecule has 0 atom stereocenters. The molecule has 0 radical (unpaired) electrons. The quantitative estimate of drug-likeness (QED) is 0.448. The molecule has 1 heterocycles. The van der Waals surface area contributed by atoms with E-state index in [0.29, 0.717) is 32.5 Å². The Labute approximate surface area is 169 Å². The molecule has 2 aromatic carbocycles. The van der Waals surface area contributed by atoms with Crippen LogP contribution in [0, 0.1) is 11.3 Å². The minimum absolute atomic E-state index is 0.279. The van der Waals surface area contributed by atoms with E-state index in [4.69, 9.17) is 14.7 Å². The normalized spacial score (nSPS) is 14.0. The first-order chi connectivity index (χ1) is 12.6. The summed E-state index contributed by atoms with van der Waals surface area (Å²) in [6.45, 7) is 2.23. The molecule has 2 aromatic rings. The van der Waals surface area contributed by atoms with Crippen molar-refractivity contribution in [2.45, 2.75) is 11.5 Å². The van der Waals surface area contributed by atoms with Crippen LogP contribution in [0.5, 0.6) is 11.5 Å². The molecule has 0 aromatic heterocycles. The molecule has 0 aliphatic carbocycles. The number of rotatable bonds is 5. The average Bonchev–Trinajstić information content (AvgIpc) is 3.19. The third-order valence-corrected chi connectivity index (χ3v) is 7.37. The van der Waals surface area contributed by atoms with Gasteiger partial charge >= 0.3 is 5.97 Å². The van der Waals surface area contributed by atoms with Crippen LogP contribution in [0.15, 0.2) is 40.9 Å². The largest absolute Gasteiger partial charge is 0.490 e. The van der Waals surface area contributed by atoms with Gasteiger partial charge in [-0.1, -0.05) is 12.1 Å². The molecule has 0 bridgehead atoms. The number of nitrogens with zero attached hydrogens (tertiary/aromatic N) is 1. The number of hydrogen-bond acceptors (Lipinski definition) is 6. The predicted octanol–water partition coefficient (Wildman–Crippen LogP) is 5.42. The fraction of sp³-hybridized carbons (Fsp3) is 0.263. The van der Waals surface area contributed by atoms with Crippen molar-refractivity contribution in [2.75, 3.05) is 18.1 Å². The lowest BCUT2D eigenvalue weighted by Crippen LogP contribution is -2.10. The predicted molar refractivity (Wildman–Crippen MR) is 109 cm³/mol. The maximum absolute atomic E-state index is 12.5. The fourth-order valence-corrected chi connectivity index (χ4v) is 5.86. The summed E-state index contributed by atoms with van der Waals surface area (Å²) in [7, 11) is 0. The lowest BCUT2D eigenvalue weighted by molar-refractivity contribution is 0.0727. The van der Waals surface area contributed by atoms with Crippen molar-refractivity contribution in [3.63, 3.8) is 0 Å². The van der Waals surface area contributed by atoms with Crippen LogP contribution >= 0.6 is 39.5 Å². The lowest BCUT2D eigenvalue weighted by Gasteiger charge is -2.13. The van der Waals surface area contributed by atoms with Crippen molar-refractivity contribution in [2.24, 2.45) is 0 Å². The van der Waals surface area contributed by atoms with Gasteiger partial charge in [-0.25, -0.2) is 4.79 Å². The molecule has 1 fully saturated rings. The van der Waals surface area contributed by atoms with Crippen LogP contribution in [0.4, 0.5) is 0 Å². The van der Waals surface area contributed by atoms with Gasteiger partial charge in [-0.05, 0) is 46.6 Å². The van der Waals surface area contributed by atoms with E-state index in [0.717, 1.165) is 11.5 Å². The molecule has 0 amide bonds. The smallest absolute Gasteiger partial charge is 0.343 e. The van der Waals surface area contributed by atoms with Gasteiger partial charge in [-0.15, -0.1) is 23.5 Å². The molecule has 0 spiro atoms. The van der Waals surface area contributed by atoms with Crippen LogP contribution in [0.1, 0.15) is 33.0 Å².